The van der Waals surface area contributed by atoms with Gasteiger partial charge in [-0.1, -0.05) is 18.2 Å². The van der Waals surface area contributed by atoms with Gasteiger partial charge in [-0.15, -0.1) is 5.11 Å². The first kappa shape index (κ1) is 26.8. The van der Waals surface area contributed by atoms with Gasteiger partial charge in [0, 0.05) is 18.3 Å². The zero-order valence-electron chi connectivity index (χ0n) is 20.7. The zero-order valence-corrected chi connectivity index (χ0v) is 21.5. The Labute approximate surface area is 210 Å². The van der Waals surface area contributed by atoms with Gasteiger partial charge in [-0.25, -0.2) is 4.18 Å². The van der Waals surface area contributed by atoms with Crippen molar-refractivity contribution >= 4 is 32.9 Å². The van der Waals surface area contributed by atoms with Gasteiger partial charge in [0.25, 0.3) is 15.8 Å². The number of non-ortho nitro benzene ring substituents is 1. The second kappa shape index (κ2) is 11.3. The molecule has 0 saturated heterocycles. The van der Waals surface area contributed by atoms with Crippen LogP contribution in [0, 0.1) is 24.0 Å². The van der Waals surface area contributed by atoms with Crippen molar-refractivity contribution in [1.82, 2.24) is 0 Å². The van der Waals surface area contributed by atoms with Gasteiger partial charge in [-0.05, 0) is 69.2 Å². The summed E-state index contributed by atoms with van der Waals surface area (Å²) in [5, 5.41) is 19.4. The summed E-state index contributed by atoms with van der Waals surface area (Å²) in [5.41, 5.74) is 3.00. The third-order valence-corrected chi connectivity index (χ3v) is 7.09. The molecule has 0 bridgehead atoms. The fourth-order valence-electron chi connectivity index (χ4n) is 3.67. The van der Waals surface area contributed by atoms with Crippen LogP contribution < -0.4 is 9.64 Å². The molecule has 0 heterocycles. The number of benzene rings is 3. The Morgan fingerprint density at radius 2 is 1.67 bits per heavy atom. The summed E-state index contributed by atoms with van der Waals surface area (Å²) in [6.07, 6.45) is -0.754. The monoisotopic (exact) mass is 512 g/mol. The number of nitro benzene ring substituents is 1. The highest BCUT2D eigenvalue weighted by atomic mass is 32.2. The van der Waals surface area contributed by atoms with E-state index in [1.807, 2.05) is 24.8 Å². The van der Waals surface area contributed by atoms with Crippen molar-refractivity contribution in [3.63, 3.8) is 0 Å². The lowest BCUT2D eigenvalue weighted by Crippen LogP contribution is -2.36. The molecular formula is C25H28N4O6S. The predicted octanol–water partition coefficient (Wildman–Crippen LogP) is 6.21. The molecule has 36 heavy (non-hydrogen) atoms. The molecule has 0 amide bonds. The lowest BCUT2D eigenvalue weighted by Gasteiger charge is -2.30. The van der Waals surface area contributed by atoms with Gasteiger partial charge in [0.1, 0.15) is 11.9 Å². The van der Waals surface area contributed by atoms with E-state index in [-0.39, 0.29) is 16.3 Å². The first-order valence-corrected chi connectivity index (χ1v) is 12.6. The van der Waals surface area contributed by atoms with Crippen LogP contribution in [0.3, 0.4) is 0 Å². The zero-order chi connectivity index (χ0) is 26.5. The summed E-state index contributed by atoms with van der Waals surface area (Å²) >= 11 is 0. The summed E-state index contributed by atoms with van der Waals surface area (Å²) in [5.74, 6) is 0.236. The fraction of sp³-hybridized carbons (Fsp3) is 0.280. The minimum atomic E-state index is -3.96. The van der Waals surface area contributed by atoms with Crippen LogP contribution >= 0.6 is 0 Å². The smallest absolute Gasteiger partial charge is 0.299 e. The lowest BCUT2D eigenvalue weighted by molar-refractivity contribution is -0.384. The molecule has 190 valence electrons. The number of anilines is 1. The molecule has 3 aromatic carbocycles. The molecule has 10 nitrogen and oxygen atoms in total. The van der Waals surface area contributed by atoms with Gasteiger partial charge < -0.3 is 9.64 Å². The Kier molecular flexibility index (Phi) is 8.38. The molecule has 0 saturated carbocycles. The number of aryl methyl sites for hydroxylation is 2. The summed E-state index contributed by atoms with van der Waals surface area (Å²) in [4.78, 5) is 12.4. The lowest BCUT2D eigenvalue weighted by atomic mass is 10.1. The first-order chi connectivity index (χ1) is 17.1. The van der Waals surface area contributed by atoms with E-state index in [0.29, 0.717) is 23.5 Å². The average molecular weight is 513 g/mol. The summed E-state index contributed by atoms with van der Waals surface area (Å²) in [6.45, 7) is 7.67. The highest BCUT2D eigenvalue weighted by Crippen LogP contribution is 2.34. The van der Waals surface area contributed by atoms with Crippen molar-refractivity contribution in [2.75, 3.05) is 18.6 Å². The molecule has 0 aromatic heterocycles. The van der Waals surface area contributed by atoms with Crippen LogP contribution in [0.4, 0.5) is 22.7 Å². The number of nitrogens with zero attached hydrogens (tertiary/aromatic N) is 4. The van der Waals surface area contributed by atoms with E-state index in [1.165, 1.54) is 31.4 Å². The number of hydrogen-bond acceptors (Lipinski definition) is 9. The van der Waals surface area contributed by atoms with E-state index < -0.39 is 21.3 Å². The summed E-state index contributed by atoms with van der Waals surface area (Å²) < 4.78 is 36.4. The van der Waals surface area contributed by atoms with Gasteiger partial charge in [0.05, 0.1) is 28.7 Å². The third-order valence-electron chi connectivity index (χ3n) is 5.56. The van der Waals surface area contributed by atoms with Crippen LogP contribution in [0.5, 0.6) is 5.75 Å². The molecule has 0 N–H and O–H groups in total. The van der Waals surface area contributed by atoms with Crippen molar-refractivity contribution in [3.8, 4) is 5.75 Å². The average Bonchev–Trinajstić information content (AvgIpc) is 2.83. The van der Waals surface area contributed by atoms with Crippen molar-refractivity contribution in [2.24, 2.45) is 10.2 Å². The van der Waals surface area contributed by atoms with Crippen LogP contribution in [-0.2, 0) is 14.3 Å². The van der Waals surface area contributed by atoms with Crippen molar-refractivity contribution in [1.29, 1.82) is 0 Å². The Bertz CT molecular complexity index is 1390. The second-order valence-corrected chi connectivity index (χ2v) is 9.53. The van der Waals surface area contributed by atoms with Crippen molar-refractivity contribution in [3.05, 3.63) is 81.9 Å². The van der Waals surface area contributed by atoms with Crippen LogP contribution in [0.25, 0.3) is 0 Å². The molecule has 0 radical (unpaired) electrons. The fourth-order valence-corrected chi connectivity index (χ4v) is 4.96. The van der Waals surface area contributed by atoms with Gasteiger partial charge >= 0.3 is 0 Å². The summed E-state index contributed by atoms with van der Waals surface area (Å²) in [6, 6.07) is 16.2. The molecule has 1 unspecified atom stereocenters. The number of rotatable bonds is 10. The Hall–Kier alpha value is -3.83. The Balaban J connectivity index is 1.81. The number of nitro groups is 1. The molecule has 0 fully saturated rings. The van der Waals surface area contributed by atoms with Crippen LogP contribution in [0.1, 0.15) is 25.0 Å². The van der Waals surface area contributed by atoms with Crippen LogP contribution in [0.2, 0.25) is 0 Å². The normalized spacial score (nSPS) is 12.5. The van der Waals surface area contributed by atoms with Crippen molar-refractivity contribution < 1.29 is 22.3 Å². The molecule has 0 aliphatic rings. The van der Waals surface area contributed by atoms with Crippen LogP contribution in [-0.4, -0.2) is 33.2 Å². The molecule has 0 aliphatic carbocycles. The predicted molar refractivity (Wildman–Crippen MR) is 137 cm³/mol. The van der Waals surface area contributed by atoms with E-state index in [4.69, 9.17) is 8.92 Å². The molecule has 0 aliphatic heterocycles. The maximum Gasteiger partial charge on any atom is 0.299 e. The maximum atomic E-state index is 12.8. The SMILES string of the molecule is CCN(c1ccc(N=Nc2ccc([N+](=O)[O-])cc2OC)c(C)c1)C(C)OS(=O)(=O)c1ccccc1C. The van der Waals surface area contributed by atoms with E-state index in [9.17, 15) is 18.5 Å². The Morgan fingerprint density at radius 1 is 1.00 bits per heavy atom. The number of azo groups is 1. The van der Waals surface area contributed by atoms with Gasteiger partial charge in [0.2, 0.25) is 0 Å². The number of methoxy groups -OCH3 is 1. The highest BCUT2D eigenvalue weighted by molar-refractivity contribution is 7.86. The maximum absolute atomic E-state index is 12.8. The van der Waals surface area contributed by atoms with Crippen molar-refractivity contribution in [2.45, 2.75) is 38.8 Å². The molecule has 3 rings (SSSR count). The van der Waals surface area contributed by atoms with Gasteiger partial charge in [-0.2, -0.15) is 13.5 Å². The van der Waals surface area contributed by atoms with E-state index in [1.54, 1.807) is 44.2 Å². The van der Waals surface area contributed by atoms with Gasteiger partial charge in [-0.3, -0.25) is 10.1 Å². The standard InChI is InChI=1S/C25H28N4O6S/c1-6-28(19(4)35-36(32,33)25-10-8-7-9-17(25)2)20-11-13-22(18(3)15-20)26-27-23-14-12-21(29(30)31)16-24(23)34-5/h7-16,19H,6H2,1-5H3. The molecule has 3 aromatic rings. The highest BCUT2D eigenvalue weighted by Gasteiger charge is 2.24. The second-order valence-electron chi connectivity index (χ2n) is 7.99. The van der Waals surface area contributed by atoms with E-state index >= 15 is 0 Å². The number of ether oxygens (including phenoxy) is 1. The molecule has 11 heteroatoms. The Morgan fingerprint density at radius 3 is 2.28 bits per heavy atom. The minimum absolute atomic E-state index is 0.105. The van der Waals surface area contributed by atoms with E-state index in [2.05, 4.69) is 10.2 Å². The number of hydrogen-bond donors (Lipinski definition) is 0. The quantitative estimate of drug-likeness (QED) is 0.104. The largest absolute Gasteiger partial charge is 0.494 e. The van der Waals surface area contributed by atoms with E-state index in [0.717, 1.165) is 11.3 Å². The summed E-state index contributed by atoms with van der Waals surface area (Å²) in [7, 11) is -2.55. The molecular weight excluding hydrogens is 484 g/mol. The van der Waals surface area contributed by atoms with Gasteiger partial charge in [0.15, 0.2) is 5.75 Å². The topological polar surface area (TPSA) is 124 Å². The molecule has 0 spiro atoms. The van der Waals surface area contributed by atoms with Crippen LogP contribution in [0.15, 0.2) is 75.8 Å². The third kappa shape index (κ3) is 6.04. The molecule has 1 atom stereocenters. The minimum Gasteiger partial charge on any atom is -0.494 e. The first-order valence-electron chi connectivity index (χ1n) is 11.2.